The van der Waals surface area contributed by atoms with Crippen molar-refractivity contribution in [2.45, 2.75) is 38.6 Å². The van der Waals surface area contributed by atoms with Gasteiger partial charge in [0.1, 0.15) is 23.2 Å². The smallest absolute Gasteiger partial charge is 0.314 e. The summed E-state index contributed by atoms with van der Waals surface area (Å²) in [7, 11) is 3.85. The molecule has 0 bridgehead atoms. The molecule has 28 heavy (non-hydrogen) atoms. The Bertz CT molecular complexity index is 852. The number of halogens is 2. The van der Waals surface area contributed by atoms with Crippen LogP contribution in [0.25, 0.3) is 0 Å². The summed E-state index contributed by atoms with van der Waals surface area (Å²) in [6.07, 6.45) is 2.89. The second kappa shape index (κ2) is 8.50. The molecule has 0 unspecified atom stereocenters. The van der Waals surface area contributed by atoms with Crippen LogP contribution in [0.3, 0.4) is 0 Å². The van der Waals surface area contributed by atoms with E-state index in [1.165, 1.54) is 6.07 Å². The van der Waals surface area contributed by atoms with E-state index in [0.717, 1.165) is 36.6 Å². The van der Waals surface area contributed by atoms with Crippen molar-refractivity contribution >= 4 is 17.6 Å². The first kappa shape index (κ1) is 20.0. The van der Waals surface area contributed by atoms with E-state index in [-0.39, 0.29) is 17.7 Å². The van der Waals surface area contributed by atoms with Crippen molar-refractivity contribution < 1.29 is 18.3 Å². The van der Waals surface area contributed by atoms with E-state index >= 15 is 0 Å². The molecule has 8 heteroatoms. The number of hydrogen-bond donors (Lipinski definition) is 1. The summed E-state index contributed by atoms with van der Waals surface area (Å²) in [5.74, 6) is -0.343. The summed E-state index contributed by atoms with van der Waals surface area (Å²) < 4.78 is 31.4. The molecule has 1 aliphatic carbocycles. The van der Waals surface area contributed by atoms with Gasteiger partial charge in [0, 0.05) is 32.3 Å². The minimum atomic E-state index is -1.03. The SMILES string of the molecule is Cc1nc(NC2CCC(C(=O)Oc3ccc(F)c(F)c3)CC2)cc(N(C)C)n1. The van der Waals surface area contributed by atoms with Crippen molar-refractivity contribution in [3.8, 4) is 5.75 Å². The van der Waals surface area contributed by atoms with Gasteiger partial charge in [0.15, 0.2) is 11.6 Å². The van der Waals surface area contributed by atoms with Crippen molar-refractivity contribution in [2.24, 2.45) is 5.92 Å². The maximum absolute atomic E-state index is 13.2. The average molecular weight is 390 g/mol. The first-order chi connectivity index (χ1) is 13.3. The molecule has 1 aromatic carbocycles. The number of hydrogen-bond acceptors (Lipinski definition) is 6. The summed E-state index contributed by atoms with van der Waals surface area (Å²) in [6, 6.07) is 5.20. The molecule has 0 spiro atoms. The van der Waals surface area contributed by atoms with Gasteiger partial charge in [-0.1, -0.05) is 0 Å². The van der Waals surface area contributed by atoms with Crippen LogP contribution in [0.2, 0.25) is 0 Å². The zero-order valence-electron chi connectivity index (χ0n) is 16.2. The molecular formula is C20H24F2N4O2. The number of aromatic nitrogens is 2. The molecule has 2 aromatic rings. The van der Waals surface area contributed by atoms with Gasteiger partial charge in [0.05, 0.1) is 5.92 Å². The van der Waals surface area contributed by atoms with Gasteiger partial charge in [-0.15, -0.1) is 0 Å². The predicted octanol–water partition coefficient (Wildman–Crippen LogP) is 3.71. The van der Waals surface area contributed by atoms with Gasteiger partial charge in [-0.05, 0) is 44.7 Å². The molecule has 0 atom stereocenters. The van der Waals surface area contributed by atoms with Crippen molar-refractivity contribution in [2.75, 3.05) is 24.3 Å². The quantitative estimate of drug-likeness (QED) is 0.620. The molecule has 1 fully saturated rings. The third-order valence-corrected chi connectivity index (χ3v) is 4.80. The van der Waals surface area contributed by atoms with Gasteiger partial charge < -0.3 is 15.0 Å². The Morgan fingerprint density at radius 2 is 1.82 bits per heavy atom. The van der Waals surface area contributed by atoms with Crippen LogP contribution in [0.4, 0.5) is 20.4 Å². The van der Waals surface area contributed by atoms with Gasteiger partial charge >= 0.3 is 5.97 Å². The Balaban J connectivity index is 1.54. The first-order valence-corrected chi connectivity index (χ1v) is 9.28. The number of aryl methyl sites for hydroxylation is 1. The van der Waals surface area contributed by atoms with Crippen LogP contribution in [0.1, 0.15) is 31.5 Å². The van der Waals surface area contributed by atoms with Crippen molar-refractivity contribution in [3.63, 3.8) is 0 Å². The number of esters is 1. The highest BCUT2D eigenvalue weighted by Gasteiger charge is 2.28. The molecule has 6 nitrogen and oxygen atoms in total. The molecule has 1 heterocycles. The third-order valence-electron chi connectivity index (χ3n) is 4.80. The lowest BCUT2D eigenvalue weighted by Gasteiger charge is -2.28. The van der Waals surface area contributed by atoms with Gasteiger partial charge in [0.2, 0.25) is 0 Å². The zero-order chi connectivity index (χ0) is 20.3. The van der Waals surface area contributed by atoms with Crippen LogP contribution in [0, 0.1) is 24.5 Å². The van der Waals surface area contributed by atoms with E-state index in [1.807, 2.05) is 32.0 Å². The lowest BCUT2D eigenvalue weighted by atomic mass is 9.86. The van der Waals surface area contributed by atoms with Crippen LogP contribution in [-0.2, 0) is 4.79 Å². The zero-order valence-corrected chi connectivity index (χ0v) is 16.2. The van der Waals surface area contributed by atoms with Crippen LogP contribution in [0.5, 0.6) is 5.75 Å². The predicted molar refractivity (Wildman–Crippen MR) is 102 cm³/mol. The van der Waals surface area contributed by atoms with Gasteiger partial charge in [-0.25, -0.2) is 18.7 Å². The normalized spacial score (nSPS) is 19.2. The number of anilines is 2. The number of ether oxygens (including phenoxy) is 1. The molecule has 1 aliphatic rings. The lowest BCUT2D eigenvalue weighted by Crippen LogP contribution is -2.31. The second-order valence-electron chi connectivity index (χ2n) is 7.24. The summed E-state index contributed by atoms with van der Waals surface area (Å²) >= 11 is 0. The Hall–Kier alpha value is -2.77. The summed E-state index contributed by atoms with van der Waals surface area (Å²) in [5.41, 5.74) is 0. The minimum absolute atomic E-state index is 0.0248. The van der Waals surface area contributed by atoms with Crippen LogP contribution in [-0.4, -0.2) is 36.1 Å². The van der Waals surface area contributed by atoms with Crippen molar-refractivity contribution in [1.82, 2.24) is 9.97 Å². The van der Waals surface area contributed by atoms with Crippen LogP contribution in [0.15, 0.2) is 24.3 Å². The maximum atomic E-state index is 13.2. The number of rotatable bonds is 5. The molecule has 3 rings (SSSR count). The Morgan fingerprint density at radius 3 is 2.46 bits per heavy atom. The summed E-state index contributed by atoms with van der Waals surface area (Å²) in [5, 5.41) is 3.42. The fourth-order valence-corrected chi connectivity index (χ4v) is 3.28. The fraction of sp³-hybridized carbons (Fsp3) is 0.450. The van der Waals surface area contributed by atoms with Gasteiger partial charge in [-0.3, -0.25) is 4.79 Å². The van der Waals surface area contributed by atoms with E-state index in [9.17, 15) is 13.6 Å². The average Bonchev–Trinajstić information content (AvgIpc) is 2.65. The fourth-order valence-electron chi connectivity index (χ4n) is 3.28. The molecule has 150 valence electrons. The van der Waals surface area contributed by atoms with E-state index in [1.54, 1.807) is 0 Å². The molecule has 1 saturated carbocycles. The van der Waals surface area contributed by atoms with Crippen LogP contribution >= 0.6 is 0 Å². The van der Waals surface area contributed by atoms with Crippen LogP contribution < -0.4 is 15.0 Å². The number of carbonyl (C=O) groups excluding carboxylic acids is 1. The highest BCUT2D eigenvalue weighted by molar-refractivity contribution is 5.75. The number of benzene rings is 1. The minimum Gasteiger partial charge on any atom is -0.426 e. The Labute approximate surface area is 162 Å². The highest BCUT2D eigenvalue weighted by Crippen LogP contribution is 2.28. The highest BCUT2D eigenvalue weighted by atomic mass is 19.2. The summed E-state index contributed by atoms with van der Waals surface area (Å²) in [6.45, 7) is 1.85. The number of carbonyl (C=O) groups is 1. The topological polar surface area (TPSA) is 67.3 Å². The van der Waals surface area contributed by atoms with E-state index in [2.05, 4.69) is 15.3 Å². The number of nitrogens with zero attached hydrogens (tertiary/aromatic N) is 3. The lowest BCUT2D eigenvalue weighted by molar-refractivity contribution is -0.140. The molecule has 1 aromatic heterocycles. The van der Waals surface area contributed by atoms with Crippen molar-refractivity contribution in [1.29, 1.82) is 0 Å². The van der Waals surface area contributed by atoms with E-state index < -0.39 is 17.6 Å². The molecule has 0 amide bonds. The Morgan fingerprint density at radius 1 is 1.11 bits per heavy atom. The largest absolute Gasteiger partial charge is 0.426 e. The van der Waals surface area contributed by atoms with Crippen molar-refractivity contribution in [3.05, 3.63) is 41.7 Å². The van der Waals surface area contributed by atoms with Gasteiger partial charge in [0.25, 0.3) is 0 Å². The van der Waals surface area contributed by atoms with Gasteiger partial charge in [-0.2, -0.15) is 0 Å². The molecule has 0 saturated heterocycles. The van der Waals surface area contributed by atoms with E-state index in [0.29, 0.717) is 18.7 Å². The third kappa shape index (κ3) is 4.94. The molecule has 0 radical (unpaired) electrons. The first-order valence-electron chi connectivity index (χ1n) is 9.28. The molecular weight excluding hydrogens is 366 g/mol. The summed E-state index contributed by atoms with van der Waals surface area (Å²) in [4.78, 5) is 23.0. The molecule has 1 N–H and O–H groups in total. The number of nitrogens with one attached hydrogen (secondary N) is 1. The maximum Gasteiger partial charge on any atom is 0.314 e. The van der Waals surface area contributed by atoms with E-state index in [4.69, 9.17) is 4.74 Å². The monoisotopic (exact) mass is 390 g/mol. The molecule has 0 aliphatic heterocycles. The second-order valence-corrected chi connectivity index (χ2v) is 7.24. The standard InChI is InChI=1S/C20H24F2N4O2/c1-12-23-18(11-19(24-12)26(2)3)25-14-6-4-13(5-7-14)20(27)28-15-8-9-16(21)17(22)10-15/h8-11,13-14H,4-7H2,1-3H3,(H,23,24,25). The Kier molecular flexibility index (Phi) is 6.06.